The van der Waals surface area contributed by atoms with Crippen LogP contribution in [0.5, 0.6) is 5.75 Å². The topological polar surface area (TPSA) is 48.2 Å². The van der Waals surface area contributed by atoms with E-state index in [4.69, 9.17) is 0 Å². The van der Waals surface area contributed by atoms with E-state index >= 15 is 0 Å². The van der Waals surface area contributed by atoms with E-state index in [-0.39, 0.29) is 11.4 Å². The van der Waals surface area contributed by atoms with Crippen molar-refractivity contribution in [1.82, 2.24) is 10.1 Å². The lowest BCUT2D eigenvalue weighted by Crippen LogP contribution is -1.94. The summed E-state index contributed by atoms with van der Waals surface area (Å²) in [4.78, 5) is 3.67. The quantitative estimate of drug-likeness (QED) is 0.764. The summed E-state index contributed by atoms with van der Waals surface area (Å²) in [7, 11) is 1.19. The molecule has 4 nitrogen and oxygen atoms in total. The van der Waals surface area contributed by atoms with Crippen molar-refractivity contribution in [2.45, 2.75) is 0 Å². The summed E-state index contributed by atoms with van der Waals surface area (Å²) in [6.07, 6.45) is 1.08. The van der Waals surface area contributed by atoms with Gasteiger partial charge in [-0.1, -0.05) is 5.16 Å². The number of methoxy groups -OCH3 is 1. The van der Waals surface area contributed by atoms with Crippen molar-refractivity contribution in [3.05, 3.63) is 30.2 Å². The lowest BCUT2D eigenvalue weighted by atomic mass is 10.2. The molecular weight excluding hydrogens is 206 g/mol. The van der Waals surface area contributed by atoms with Gasteiger partial charge in [-0.25, -0.2) is 8.78 Å². The van der Waals surface area contributed by atoms with Crippen LogP contribution < -0.4 is 4.74 Å². The number of hydrogen-bond acceptors (Lipinski definition) is 4. The summed E-state index contributed by atoms with van der Waals surface area (Å²) < 4.78 is 35.5. The second kappa shape index (κ2) is 3.64. The van der Waals surface area contributed by atoms with Crippen LogP contribution in [0.3, 0.4) is 0 Å². The second-order valence-electron chi connectivity index (χ2n) is 2.73. The van der Waals surface area contributed by atoms with E-state index < -0.39 is 17.4 Å². The first-order chi connectivity index (χ1) is 7.22. The van der Waals surface area contributed by atoms with Gasteiger partial charge in [0.1, 0.15) is 0 Å². The summed E-state index contributed by atoms with van der Waals surface area (Å²) in [6, 6.07) is 2.15. The second-order valence-corrected chi connectivity index (χ2v) is 2.73. The van der Waals surface area contributed by atoms with Crippen LogP contribution in [0.15, 0.2) is 23.0 Å². The molecule has 0 atom stereocenters. The highest BCUT2D eigenvalue weighted by atomic mass is 19.1. The van der Waals surface area contributed by atoms with Crippen LogP contribution in [0.2, 0.25) is 0 Å². The van der Waals surface area contributed by atoms with Crippen LogP contribution in [-0.4, -0.2) is 17.3 Å². The number of benzene rings is 1. The lowest BCUT2D eigenvalue weighted by Gasteiger charge is -2.04. The number of halogens is 2. The predicted molar refractivity (Wildman–Crippen MR) is 46.2 cm³/mol. The molecule has 0 saturated heterocycles. The van der Waals surface area contributed by atoms with E-state index in [9.17, 15) is 8.78 Å². The van der Waals surface area contributed by atoms with Crippen LogP contribution >= 0.6 is 0 Å². The van der Waals surface area contributed by atoms with Crippen LogP contribution in [0.1, 0.15) is 0 Å². The molecule has 0 amide bonds. The zero-order chi connectivity index (χ0) is 10.8. The molecule has 0 aliphatic rings. The van der Waals surface area contributed by atoms with E-state index in [0.29, 0.717) is 0 Å². The molecule has 1 aromatic carbocycles. The minimum absolute atomic E-state index is 0.121. The zero-order valence-electron chi connectivity index (χ0n) is 7.70. The van der Waals surface area contributed by atoms with Gasteiger partial charge in [0.2, 0.25) is 12.2 Å². The largest absolute Gasteiger partial charge is 0.491 e. The van der Waals surface area contributed by atoms with Gasteiger partial charge in [-0.15, -0.1) is 0 Å². The van der Waals surface area contributed by atoms with Crippen LogP contribution in [-0.2, 0) is 0 Å². The van der Waals surface area contributed by atoms with E-state index in [1.165, 1.54) is 7.11 Å². The third kappa shape index (κ3) is 1.65. The standard InChI is InChI=1S/C9H6F2N2O2/c1-14-8-6(10)2-5(3-7(8)11)9-12-4-15-13-9/h2-4H,1H3. The number of ether oxygens (including phenoxy) is 1. The normalized spacial score (nSPS) is 10.3. The van der Waals surface area contributed by atoms with E-state index in [2.05, 4.69) is 19.4 Å². The molecule has 2 rings (SSSR count). The number of rotatable bonds is 2. The molecule has 1 aromatic heterocycles. The fourth-order valence-corrected chi connectivity index (χ4v) is 1.18. The molecule has 78 valence electrons. The monoisotopic (exact) mass is 212 g/mol. The first-order valence-corrected chi connectivity index (χ1v) is 4.02. The van der Waals surface area contributed by atoms with E-state index in [1.807, 2.05) is 0 Å². The molecule has 0 aliphatic carbocycles. The molecule has 0 aliphatic heterocycles. The Morgan fingerprint density at radius 3 is 2.40 bits per heavy atom. The first-order valence-electron chi connectivity index (χ1n) is 4.02. The molecule has 6 heteroatoms. The van der Waals surface area contributed by atoms with Gasteiger partial charge in [0, 0.05) is 5.56 Å². The van der Waals surface area contributed by atoms with Crippen molar-refractivity contribution < 1.29 is 18.0 Å². The van der Waals surface area contributed by atoms with Gasteiger partial charge in [-0.2, -0.15) is 4.98 Å². The predicted octanol–water partition coefficient (Wildman–Crippen LogP) is 2.02. The van der Waals surface area contributed by atoms with E-state index in [0.717, 1.165) is 18.5 Å². The van der Waals surface area contributed by atoms with Crippen LogP contribution in [0.25, 0.3) is 11.4 Å². The lowest BCUT2D eigenvalue weighted by molar-refractivity contribution is 0.360. The average Bonchev–Trinajstić information content (AvgIpc) is 2.69. The maximum atomic E-state index is 13.3. The molecule has 2 aromatic rings. The van der Waals surface area contributed by atoms with Crippen molar-refractivity contribution in [2.24, 2.45) is 0 Å². The van der Waals surface area contributed by atoms with Gasteiger partial charge in [0.15, 0.2) is 17.4 Å². The highest BCUT2D eigenvalue weighted by molar-refractivity contribution is 5.56. The Hall–Kier alpha value is -1.98. The zero-order valence-corrected chi connectivity index (χ0v) is 7.70. The fraction of sp³-hybridized carbons (Fsp3) is 0.111. The fourth-order valence-electron chi connectivity index (χ4n) is 1.18. The summed E-state index contributed by atoms with van der Waals surface area (Å²) in [5.74, 6) is -1.92. The van der Waals surface area contributed by atoms with Gasteiger partial charge < -0.3 is 9.26 Å². The molecule has 0 unspecified atom stereocenters. The van der Waals surface area contributed by atoms with Crippen molar-refractivity contribution in [2.75, 3.05) is 7.11 Å². The highest BCUT2D eigenvalue weighted by Crippen LogP contribution is 2.26. The van der Waals surface area contributed by atoms with Crippen molar-refractivity contribution in [3.8, 4) is 17.1 Å². The molecule has 0 N–H and O–H groups in total. The van der Waals surface area contributed by atoms with Crippen LogP contribution in [0, 0.1) is 11.6 Å². The third-order valence-electron chi connectivity index (χ3n) is 1.82. The minimum Gasteiger partial charge on any atom is -0.491 e. The maximum absolute atomic E-state index is 13.3. The Morgan fingerprint density at radius 2 is 1.93 bits per heavy atom. The average molecular weight is 212 g/mol. The van der Waals surface area contributed by atoms with Gasteiger partial charge >= 0.3 is 0 Å². The summed E-state index contributed by atoms with van der Waals surface area (Å²) in [5, 5.41) is 3.46. The molecule has 0 radical (unpaired) electrons. The molecule has 1 heterocycles. The molecular formula is C9H6F2N2O2. The van der Waals surface area contributed by atoms with Gasteiger partial charge in [0.05, 0.1) is 7.11 Å². The smallest absolute Gasteiger partial charge is 0.214 e. The van der Waals surface area contributed by atoms with Crippen molar-refractivity contribution in [3.63, 3.8) is 0 Å². The molecule has 0 saturated carbocycles. The Kier molecular flexibility index (Phi) is 2.32. The molecule has 15 heavy (non-hydrogen) atoms. The van der Waals surface area contributed by atoms with Gasteiger partial charge in [-0.3, -0.25) is 0 Å². The maximum Gasteiger partial charge on any atom is 0.214 e. The highest BCUT2D eigenvalue weighted by Gasteiger charge is 2.14. The third-order valence-corrected chi connectivity index (χ3v) is 1.82. The Bertz CT molecular complexity index is 448. The number of nitrogens with zero attached hydrogens (tertiary/aromatic N) is 2. The summed E-state index contributed by atoms with van der Waals surface area (Å²) >= 11 is 0. The SMILES string of the molecule is COc1c(F)cc(-c2ncon2)cc1F. The van der Waals surface area contributed by atoms with Crippen molar-refractivity contribution >= 4 is 0 Å². The van der Waals surface area contributed by atoms with Crippen molar-refractivity contribution in [1.29, 1.82) is 0 Å². The number of aromatic nitrogens is 2. The molecule has 0 fully saturated rings. The summed E-state index contributed by atoms with van der Waals surface area (Å²) in [5.41, 5.74) is 0.194. The van der Waals surface area contributed by atoms with Crippen LogP contribution in [0.4, 0.5) is 8.78 Å². The van der Waals surface area contributed by atoms with E-state index in [1.54, 1.807) is 0 Å². The Morgan fingerprint density at radius 1 is 1.27 bits per heavy atom. The van der Waals surface area contributed by atoms with Gasteiger partial charge in [0.25, 0.3) is 0 Å². The Labute approximate surface area is 83.5 Å². The summed E-state index contributed by atoms with van der Waals surface area (Å²) in [6.45, 7) is 0. The minimum atomic E-state index is -0.808. The first kappa shape index (κ1) is 9.57. The molecule has 0 bridgehead atoms. The van der Waals surface area contributed by atoms with Gasteiger partial charge in [-0.05, 0) is 12.1 Å². The Balaban J connectivity index is 2.53. The molecule has 0 spiro atoms. The number of hydrogen-bond donors (Lipinski definition) is 0.